The van der Waals surface area contributed by atoms with Crippen LogP contribution >= 0.6 is 0 Å². The van der Waals surface area contributed by atoms with E-state index in [4.69, 9.17) is 10.5 Å². The summed E-state index contributed by atoms with van der Waals surface area (Å²) in [5.74, 6) is 2.30. The standard InChI is InChI=1S/C21H26N4O/c1-16-7-10-24(11-8-16)12-13-26-18-5-2-4-17(14-18)19-6-3-9-25-20(19)15-21(22)23-25/h2-6,9,14-16H,7-8,10-13H2,1H3,(H2,22,23). The zero-order chi connectivity index (χ0) is 17.9. The van der Waals surface area contributed by atoms with Crippen LogP contribution in [0, 0.1) is 5.92 Å². The Balaban J connectivity index is 1.45. The second-order valence-electron chi connectivity index (χ2n) is 7.22. The predicted molar refractivity (Wildman–Crippen MR) is 105 cm³/mol. The number of rotatable bonds is 5. The zero-order valence-electron chi connectivity index (χ0n) is 15.3. The molecule has 1 aliphatic heterocycles. The Hall–Kier alpha value is -2.53. The first-order chi connectivity index (χ1) is 12.7. The maximum atomic E-state index is 6.03. The number of hydrogen-bond acceptors (Lipinski definition) is 4. The molecule has 1 aromatic carbocycles. The van der Waals surface area contributed by atoms with E-state index >= 15 is 0 Å². The number of nitrogens with two attached hydrogens (primary N) is 1. The van der Waals surface area contributed by atoms with Gasteiger partial charge in [-0.3, -0.25) is 4.90 Å². The van der Waals surface area contributed by atoms with Crippen molar-refractivity contribution >= 4 is 11.3 Å². The maximum Gasteiger partial charge on any atom is 0.146 e. The SMILES string of the molecule is CC1CCN(CCOc2cccc(-c3cccn4nc(N)cc34)c2)CC1. The van der Waals surface area contributed by atoms with E-state index in [1.807, 2.05) is 35.0 Å². The van der Waals surface area contributed by atoms with E-state index in [9.17, 15) is 0 Å². The third kappa shape index (κ3) is 3.68. The Morgan fingerprint density at radius 2 is 2.00 bits per heavy atom. The van der Waals surface area contributed by atoms with Crippen LogP contribution in [0.15, 0.2) is 48.7 Å². The molecule has 0 radical (unpaired) electrons. The molecule has 2 aromatic heterocycles. The van der Waals surface area contributed by atoms with Gasteiger partial charge in [0.15, 0.2) is 0 Å². The van der Waals surface area contributed by atoms with Gasteiger partial charge in [0.1, 0.15) is 18.2 Å². The zero-order valence-corrected chi connectivity index (χ0v) is 15.3. The van der Waals surface area contributed by atoms with Crippen molar-refractivity contribution in [2.24, 2.45) is 5.92 Å². The van der Waals surface area contributed by atoms with Crippen molar-refractivity contribution in [2.75, 3.05) is 32.0 Å². The number of fused-ring (bicyclic) bond motifs is 1. The molecule has 0 spiro atoms. The van der Waals surface area contributed by atoms with Crippen LogP contribution in [0.4, 0.5) is 5.82 Å². The van der Waals surface area contributed by atoms with Crippen LogP contribution in [-0.2, 0) is 0 Å². The van der Waals surface area contributed by atoms with Crippen molar-refractivity contribution in [3.05, 3.63) is 48.7 Å². The monoisotopic (exact) mass is 350 g/mol. The lowest BCUT2D eigenvalue weighted by Crippen LogP contribution is -2.35. The highest BCUT2D eigenvalue weighted by Crippen LogP contribution is 2.28. The van der Waals surface area contributed by atoms with Crippen LogP contribution in [0.3, 0.4) is 0 Å². The van der Waals surface area contributed by atoms with E-state index < -0.39 is 0 Å². The molecule has 0 aliphatic carbocycles. The van der Waals surface area contributed by atoms with Gasteiger partial charge < -0.3 is 10.5 Å². The minimum absolute atomic E-state index is 0.528. The summed E-state index contributed by atoms with van der Waals surface area (Å²) in [6.07, 6.45) is 4.51. The van der Waals surface area contributed by atoms with Gasteiger partial charge in [0, 0.05) is 24.4 Å². The van der Waals surface area contributed by atoms with Crippen LogP contribution in [0.5, 0.6) is 5.75 Å². The number of benzene rings is 1. The first kappa shape index (κ1) is 16.9. The van der Waals surface area contributed by atoms with E-state index in [0.29, 0.717) is 5.82 Å². The summed E-state index contributed by atoms with van der Waals surface area (Å²) in [5, 5.41) is 4.29. The van der Waals surface area contributed by atoms with Gasteiger partial charge in [0.2, 0.25) is 0 Å². The van der Waals surface area contributed by atoms with Crippen LogP contribution in [0.2, 0.25) is 0 Å². The molecular formula is C21H26N4O. The Bertz CT molecular complexity index is 881. The lowest BCUT2D eigenvalue weighted by Gasteiger charge is -2.29. The molecule has 0 amide bonds. The van der Waals surface area contributed by atoms with E-state index in [-0.39, 0.29) is 0 Å². The number of piperidine rings is 1. The molecule has 1 fully saturated rings. The molecule has 136 valence electrons. The van der Waals surface area contributed by atoms with Gasteiger partial charge in [-0.2, -0.15) is 5.10 Å². The van der Waals surface area contributed by atoms with E-state index in [1.165, 1.54) is 25.9 Å². The minimum Gasteiger partial charge on any atom is -0.492 e. The molecule has 26 heavy (non-hydrogen) atoms. The van der Waals surface area contributed by atoms with Gasteiger partial charge in [-0.05, 0) is 55.6 Å². The fourth-order valence-electron chi connectivity index (χ4n) is 3.61. The molecule has 0 unspecified atom stereocenters. The second-order valence-corrected chi connectivity index (χ2v) is 7.22. The van der Waals surface area contributed by atoms with Crippen LogP contribution < -0.4 is 10.5 Å². The summed E-state index contributed by atoms with van der Waals surface area (Å²) in [6.45, 7) is 6.44. The number of hydrogen-bond donors (Lipinski definition) is 1. The first-order valence-corrected chi connectivity index (χ1v) is 9.38. The molecule has 2 N–H and O–H groups in total. The molecule has 5 heteroatoms. The van der Waals surface area contributed by atoms with E-state index in [2.05, 4.69) is 35.1 Å². The molecule has 3 aromatic rings. The highest BCUT2D eigenvalue weighted by atomic mass is 16.5. The number of aromatic nitrogens is 2. The Labute approximate surface area is 154 Å². The quantitative estimate of drug-likeness (QED) is 0.762. The third-order valence-electron chi connectivity index (χ3n) is 5.22. The Morgan fingerprint density at radius 1 is 1.15 bits per heavy atom. The van der Waals surface area contributed by atoms with Gasteiger partial charge >= 0.3 is 0 Å². The summed E-state index contributed by atoms with van der Waals surface area (Å²) in [7, 11) is 0. The van der Waals surface area contributed by atoms with Gasteiger partial charge in [-0.1, -0.05) is 25.1 Å². The molecule has 0 bridgehead atoms. The summed E-state index contributed by atoms with van der Waals surface area (Å²) in [4.78, 5) is 2.50. The van der Waals surface area contributed by atoms with Crippen LogP contribution in [0.1, 0.15) is 19.8 Å². The van der Waals surface area contributed by atoms with Gasteiger partial charge in [-0.25, -0.2) is 4.52 Å². The first-order valence-electron chi connectivity index (χ1n) is 9.38. The number of anilines is 1. The van der Waals surface area contributed by atoms with Gasteiger partial charge in [-0.15, -0.1) is 0 Å². The molecule has 4 rings (SSSR count). The highest BCUT2D eigenvalue weighted by Gasteiger charge is 2.15. The molecule has 5 nitrogen and oxygen atoms in total. The van der Waals surface area contributed by atoms with Crippen molar-refractivity contribution in [2.45, 2.75) is 19.8 Å². The highest BCUT2D eigenvalue weighted by molar-refractivity contribution is 5.82. The molecule has 0 atom stereocenters. The van der Waals surface area contributed by atoms with Crippen LogP contribution in [0.25, 0.3) is 16.6 Å². The number of pyridine rings is 1. The summed E-state index contributed by atoms with van der Waals surface area (Å²) < 4.78 is 7.84. The largest absolute Gasteiger partial charge is 0.492 e. The van der Waals surface area contributed by atoms with E-state index in [0.717, 1.165) is 41.5 Å². The van der Waals surface area contributed by atoms with Crippen LogP contribution in [-0.4, -0.2) is 40.8 Å². The number of ether oxygens (including phenoxy) is 1. The second kappa shape index (κ2) is 7.38. The van der Waals surface area contributed by atoms with Gasteiger partial charge in [0.25, 0.3) is 0 Å². The summed E-state index contributed by atoms with van der Waals surface area (Å²) in [5.41, 5.74) is 9.07. The molecular weight excluding hydrogens is 324 g/mol. The van der Waals surface area contributed by atoms with Gasteiger partial charge in [0.05, 0.1) is 5.52 Å². The predicted octanol–water partition coefficient (Wildman–Crippen LogP) is 3.69. The number of nitrogens with zero attached hydrogens (tertiary/aromatic N) is 3. The minimum atomic E-state index is 0.528. The Morgan fingerprint density at radius 3 is 2.85 bits per heavy atom. The summed E-state index contributed by atoms with van der Waals surface area (Å²) in [6, 6.07) is 14.2. The van der Waals surface area contributed by atoms with E-state index in [1.54, 1.807) is 0 Å². The number of likely N-dealkylation sites (tertiary alicyclic amines) is 1. The third-order valence-corrected chi connectivity index (χ3v) is 5.22. The molecule has 0 saturated carbocycles. The fraction of sp³-hybridized carbons (Fsp3) is 0.381. The van der Waals surface area contributed by atoms with Crippen molar-refractivity contribution in [3.8, 4) is 16.9 Å². The topological polar surface area (TPSA) is 55.8 Å². The average Bonchev–Trinajstić information content (AvgIpc) is 3.04. The van der Waals surface area contributed by atoms with Crippen molar-refractivity contribution in [1.29, 1.82) is 0 Å². The lowest BCUT2D eigenvalue weighted by atomic mass is 9.99. The molecule has 1 aliphatic rings. The normalized spacial score (nSPS) is 16.2. The van der Waals surface area contributed by atoms with Crippen molar-refractivity contribution in [3.63, 3.8) is 0 Å². The maximum absolute atomic E-state index is 6.03. The fourth-order valence-corrected chi connectivity index (χ4v) is 3.61. The average molecular weight is 350 g/mol. The number of nitrogen functional groups attached to an aromatic ring is 1. The lowest BCUT2D eigenvalue weighted by molar-refractivity contribution is 0.160. The Kier molecular flexibility index (Phi) is 4.80. The molecule has 1 saturated heterocycles. The molecule has 3 heterocycles. The smallest absolute Gasteiger partial charge is 0.146 e. The van der Waals surface area contributed by atoms with Crippen molar-refractivity contribution < 1.29 is 4.74 Å². The van der Waals surface area contributed by atoms with Crippen molar-refractivity contribution in [1.82, 2.24) is 14.5 Å². The summed E-state index contributed by atoms with van der Waals surface area (Å²) >= 11 is 0.